The third-order valence-corrected chi connectivity index (χ3v) is 6.40. The molecule has 3 nitrogen and oxygen atoms in total. The fraction of sp³-hybridized carbons (Fsp3) is 0.941. The van der Waals surface area contributed by atoms with Crippen LogP contribution in [0.4, 0.5) is 0 Å². The van der Waals surface area contributed by atoms with Crippen LogP contribution in [0.25, 0.3) is 0 Å². The largest absolute Gasteiger partial charge is 0.341 e. The van der Waals surface area contributed by atoms with E-state index >= 15 is 0 Å². The van der Waals surface area contributed by atoms with Gasteiger partial charge in [0.25, 0.3) is 0 Å². The van der Waals surface area contributed by atoms with Crippen LogP contribution >= 0.6 is 0 Å². The Morgan fingerprint density at radius 2 is 1.75 bits per heavy atom. The predicted octanol–water partition coefficient (Wildman–Crippen LogP) is 2.79. The number of carbonyl (C=O) groups is 1. The second-order valence-corrected chi connectivity index (χ2v) is 8.91. The van der Waals surface area contributed by atoms with Gasteiger partial charge in [0.05, 0.1) is 5.41 Å². The Morgan fingerprint density at radius 3 is 2.20 bits per heavy atom. The van der Waals surface area contributed by atoms with Crippen molar-refractivity contribution >= 4 is 5.91 Å². The molecular formula is C17H30N2O. The molecule has 0 aromatic carbocycles. The Kier molecular flexibility index (Phi) is 3.03. The minimum atomic E-state index is -0.0822. The molecule has 3 unspecified atom stereocenters. The third-order valence-electron chi connectivity index (χ3n) is 6.40. The van der Waals surface area contributed by atoms with Gasteiger partial charge in [0, 0.05) is 19.6 Å². The summed E-state index contributed by atoms with van der Waals surface area (Å²) in [5, 5.41) is 0. The van der Waals surface area contributed by atoms with Crippen molar-refractivity contribution in [3.8, 4) is 0 Å². The maximum absolute atomic E-state index is 13.2. The molecule has 3 atom stereocenters. The molecule has 4 bridgehead atoms. The van der Waals surface area contributed by atoms with E-state index in [0.717, 1.165) is 25.2 Å². The van der Waals surface area contributed by atoms with Gasteiger partial charge in [-0.2, -0.15) is 0 Å². The molecule has 0 saturated heterocycles. The zero-order valence-corrected chi connectivity index (χ0v) is 13.5. The molecule has 1 amide bonds. The van der Waals surface area contributed by atoms with Crippen LogP contribution in [-0.4, -0.2) is 30.4 Å². The van der Waals surface area contributed by atoms with Gasteiger partial charge < -0.3 is 10.6 Å². The Morgan fingerprint density at radius 1 is 1.20 bits per heavy atom. The predicted molar refractivity (Wildman–Crippen MR) is 81.1 cm³/mol. The molecule has 114 valence electrons. The third kappa shape index (κ3) is 2.01. The van der Waals surface area contributed by atoms with Gasteiger partial charge in [0.1, 0.15) is 0 Å². The molecule has 0 aromatic heterocycles. The zero-order valence-electron chi connectivity index (χ0n) is 13.5. The van der Waals surface area contributed by atoms with Crippen LogP contribution in [0.3, 0.4) is 0 Å². The lowest BCUT2D eigenvalue weighted by Gasteiger charge is -2.65. The summed E-state index contributed by atoms with van der Waals surface area (Å²) in [6.45, 7) is 7.45. The second kappa shape index (κ2) is 4.22. The Bertz CT molecular complexity index is 415. The summed E-state index contributed by atoms with van der Waals surface area (Å²) >= 11 is 0. The lowest BCUT2D eigenvalue weighted by atomic mass is 9.40. The van der Waals surface area contributed by atoms with E-state index in [4.69, 9.17) is 5.73 Å². The van der Waals surface area contributed by atoms with Crippen LogP contribution in [0.2, 0.25) is 0 Å². The van der Waals surface area contributed by atoms with Gasteiger partial charge in [0.2, 0.25) is 5.91 Å². The number of amides is 1. The molecule has 3 heteroatoms. The molecule has 4 fully saturated rings. The topological polar surface area (TPSA) is 46.3 Å². The van der Waals surface area contributed by atoms with E-state index in [1.807, 2.05) is 11.9 Å². The van der Waals surface area contributed by atoms with Crippen molar-refractivity contribution in [2.75, 3.05) is 13.6 Å². The van der Waals surface area contributed by atoms with E-state index in [1.54, 1.807) is 0 Å². The lowest BCUT2D eigenvalue weighted by Crippen LogP contribution is -2.61. The van der Waals surface area contributed by atoms with Crippen LogP contribution in [0.5, 0.6) is 0 Å². The quantitative estimate of drug-likeness (QED) is 0.863. The Labute approximate surface area is 123 Å². The fourth-order valence-corrected chi connectivity index (χ4v) is 6.42. The SMILES string of the molecule is CC(CN)N(C)C(=O)C12CC3CC(C)(CC(C)(C3)C1)C2. The summed E-state index contributed by atoms with van der Waals surface area (Å²) in [6.07, 6.45) is 7.33. The fourth-order valence-electron chi connectivity index (χ4n) is 6.42. The maximum Gasteiger partial charge on any atom is 0.228 e. The molecule has 0 spiro atoms. The van der Waals surface area contributed by atoms with E-state index < -0.39 is 0 Å². The van der Waals surface area contributed by atoms with Crippen molar-refractivity contribution in [1.82, 2.24) is 4.90 Å². The zero-order chi connectivity index (χ0) is 14.8. The highest BCUT2D eigenvalue weighted by atomic mass is 16.2. The van der Waals surface area contributed by atoms with Crippen LogP contribution < -0.4 is 5.73 Å². The first kappa shape index (κ1) is 14.4. The molecule has 4 rings (SSSR count). The van der Waals surface area contributed by atoms with Gasteiger partial charge in [-0.05, 0) is 62.2 Å². The van der Waals surface area contributed by atoms with Crippen molar-refractivity contribution < 1.29 is 4.79 Å². The van der Waals surface area contributed by atoms with E-state index in [9.17, 15) is 4.79 Å². The highest BCUT2D eigenvalue weighted by Gasteiger charge is 2.63. The van der Waals surface area contributed by atoms with Crippen molar-refractivity contribution in [1.29, 1.82) is 0 Å². The van der Waals surface area contributed by atoms with E-state index in [0.29, 0.717) is 23.3 Å². The van der Waals surface area contributed by atoms with E-state index in [2.05, 4.69) is 20.8 Å². The normalized spacial score (nSPS) is 47.4. The van der Waals surface area contributed by atoms with Gasteiger partial charge >= 0.3 is 0 Å². The molecule has 0 aliphatic heterocycles. The highest BCUT2D eigenvalue weighted by Crippen LogP contribution is 2.69. The summed E-state index contributed by atoms with van der Waals surface area (Å²) in [4.78, 5) is 15.1. The van der Waals surface area contributed by atoms with E-state index in [1.165, 1.54) is 19.3 Å². The standard InChI is InChI=1S/C17H30N2O/c1-12(8-18)19(4)14(20)17-7-13-5-15(2,10-17)9-16(3,6-13)11-17/h12-13H,5-11,18H2,1-4H3. The first-order valence-corrected chi connectivity index (χ1v) is 8.18. The van der Waals surface area contributed by atoms with Crippen LogP contribution in [0.1, 0.15) is 59.3 Å². The Hall–Kier alpha value is -0.570. The van der Waals surface area contributed by atoms with Gasteiger partial charge in [-0.25, -0.2) is 0 Å². The van der Waals surface area contributed by atoms with Crippen molar-refractivity contribution in [2.24, 2.45) is 27.9 Å². The van der Waals surface area contributed by atoms with E-state index in [-0.39, 0.29) is 11.5 Å². The molecule has 0 aromatic rings. The van der Waals surface area contributed by atoms with Crippen molar-refractivity contribution in [2.45, 2.75) is 65.3 Å². The van der Waals surface area contributed by atoms with Crippen LogP contribution in [-0.2, 0) is 4.79 Å². The number of nitrogens with zero attached hydrogens (tertiary/aromatic N) is 1. The number of rotatable bonds is 3. The van der Waals surface area contributed by atoms with Gasteiger partial charge in [-0.3, -0.25) is 4.79 Å². The molecule has 20 heavy (non-hydrogen) atoms. The summed E-state index contributed by atoms with van der Waals surface area (Å²) in [5.74, 6) is 1.14. The summed E-state index contributed by atoms with van der Waals surface area (Å²) in [5.41, 5.74) is 6.48. The van der Waals surface area contributed by atoms with Gasteiger partial charge in [0.15, 0.2) is 0 Å². The minimum Gasteiger partial charge on any atom is -0.341 e. The smallest absolute Gasteiger partial charge is 0.228 e. The maximum atomic E-state index is 13.2. The monoisotopic (exact) mass is 278 g/mol. The molecule has 4 aliphatic rings. The first-order chi connectivity index (χ1) is 9.21. The number of carbonyl (C=O) groups excluding carboxylic acids is 1. The lowest BCUT2D eigenvalue weighted by molar-refractivity contribution is -0.179. The minimum absolute atomic E-state index is 0.0822. The van der Waals surface area contributed by atoms with Gasteiger partial charge in [-0.1, -0.05) is 13.8 Å². The van der Waals surface area contributed by atoms with Gasteiger partial charge in [-0.15, -0.1) is 0 Å². The molecular weight excluding hydrogens is 248 g/mol. The number of hydrogen-bond acceptors (Lipinski definition) is 2. The summed E-state index contributed by atoms with van der Waals surface area (Å²) in [7, 11) is 1.95. The van der Waals surface area contributed by atoms with Crippen LogP contribution in [0, 0.1) is 22.2 Å². The van der Waals surface area contributed by atoms with Crippen molar-refractivity contribution in [3.63, 3.8) is 0 Å². The number of nitrogens with two attached hydrogens (primary N) is 1. The first-order valence-electron chi connectivity index (χ1n) is 8.18. The van der Waals surface area contributed by atoms with Crippen LogP contribution in [0.15, 0.2) is 0 Å². The molecule has 4 saturated carbocycles. The summed E-state index contributed by atoms with van der Waals surface area (Å²) < 4.78 is 0. The number of likely N-dealkylation sites (N-methyl/N-ethyl adjacent to an activating group) is 1. The summed E-state index contributed by atoms with van der Waals surface area (Å²) in [6, 6.07) is 0.149. The average Bonchev–Trinajstić information content (AvgIpc) is 2.31. The molecule has 4 aliphatic carbocycles. The second-order valence-electron chi connectivity index (χ2n) is 8.91. The average molecular weight is 278 g/mol. The highest BCUT2D eigenvalue weighted by molar-refractivity contribution is 5.83. The molecule has 0 heterocycles. The molecule has 0 radical (unpaired) electrons. The molecule has 2 N–H and O–H groups in total. The Balaban J connectivity index is 1.91. The van der Waals surface area contributed by atoms with Crippen molar-refractivity contribution in [3.05, 3.63) is 0 Å². The number of hydrogen-bond donors (Lipinski definition) is 1.